The molecule has 2 fully saturated rings. The molecule has 2 amide bonds. The average Bonchev–Trinajstić information content (AvgIpc) is 3.10. The van der Waals surface area contributed by atoms with Crippen molar-refractivity contribution < 1.29 is 13.9 Å². The average molecular weight is 358 g/mol. The molecule has 0 saturated carbocycles. The van der Waals surface area contributed by atoms with Crippen LogP contribution in [0.5, 0.6) is 0 Å². The van der Waals surface area contributed by atoms with Crippen molar-refractivity contribution in [3.8, 4) is 11.5 Å². The van der Waals surface area contributed by atoms with Gasteiger partial charge in [-0.15, -0.1) is 5.10 Å². The van der Waals surface area contributed by atoms with Crippen molar-refractivity contribution in [3.63, 3.8) is 0 Å². The molecule has 0 spiro atoms. The van der Waals surface area contributed by atoms with Crippen molar-refractivity contribution in [2.45, 2.75) is 18.9 Å². The van der Waals surface area contributed by atoms with Gasteiger partial charge in [-0.05, 0) is 25.0 Å². The molecule has 0 aliphatic carbocycles. The highest BCUT2D eigenvalue weighted by Crippen LogP contribution is 2.23. The number of rotatable bonds is 2. The molecular formula is C18H22N4O4. The smallest absolute Gasteiger partial charge is 0.388 e. The summed E-state index contributed by atoms with van der Waals surface area (Å²) in [7, 11) is 0. The molecule has 8 nitrogen and oxygen atoms in total. The van der Waals surface area contributed by atoms with Crippen LogP contribution in [0.1, 0.15) is 18.9 Å². The van der Waals surface area contributed by atoms with Crippen molar-refractivity contribution in [3.05, 3.63) is 40.9 Å². The van der Waals surface area contributed by atoms with Crippen molar-refractivity contribution in [1.29, 1.82) is 0 Å². The minimum atomic E-state index is -0.443. The van der Waals surface area contributed by atoms with Crippen LogP contribution in [0.3, 0.4) is 0 Å². The quantitative estimate of drug-likeness (QED) is 0.814. The zero-order chi connectivity index (χ0) is 17.9. The van der Waals surface area contributed by atoms with E-state index < -0.39 is 5.76 Å². The number of aromatic nitrogens is 2. The van der Waals surface area contributed by atoms with Gasteiger partial charge in [-0.2, -0.15) is 4.68 Å². The summed E-state index contributed by atoms with van der Waals surface area (Å²) in [4.78, 5) is 28.4. The van der Waals surface area contributed by atoms with Gasteiger partial charge in [-0.3, -0.25) is 0 Å². The van der Waals surface area contributed by atoms with E-state index in [-0.39, 0.29) is 12.1 Å². The second-order valence-corrected chi connectivity index (χ2v) is 6.58. The largest absolute Gasteiger partial charge is 0.437 e. The van der Waals surface area contributed by atoms with E-state index in [0.29, 0.717) is 58.1 Å². The van der Waals surface area contributed by atoms with Crippen LogP contribution in [0.2, 0.25) is 0 Å². The lowest BCUT2D eigenvalue weighted by molar-refractivity contribution is 0.0399. The first kappa shape index (κ1) is 16.8. The summed E-state index contributed by atoms with van der Waals surface area (Å²) >= 11 is 0. The molecule has 2 saturated heterocycles. The summed E-state index contributed by atoms with van der Waals surface area (Å²) < 4.78 is 12.0. The van der Waals surface area contributed by atoms with Crippen LogP contribution in [0.4, 0.5) is 4.79 Å². The third kappa shape index (κ3) is 3.37. The van der Waals surface area contributed by atoms with Crippen LogP contribution in [0.25, 0.3) is 11.5 Å². The third-order valence-corrected chi connectivity index (χ3v) is 4.95. The van der Waals surface area contributed by atoms with E-state index in [1.54, 1.807) is 0 Å². The maximum absolute atomic E-state index is 12.5. The van der Waals surface area contributed by atoms with Gasteiger partial charge < -0.3 is 19.0 Å². The lowest BCUT2D eigenvalue weighted by Gasteiger charge is -2.36. The first-order valence-electron chi connectivity index (χ1n) is 8.99. The van der Waals surface area contributed by atoms with Gasteiger partial charge in [0.25, 0.3) is 0 Å². The van der Waals surface area contributed by atoms with Gasteiger partial charge in [0.1, 0.15) is 0 Å². The normalized spacial score (nSPS) is 18.9. The molecule has 0 radical (unpaired) electrons. The molecule has 26 heavy (non-hydrogen) atoms. The van der Waals surface area contributed by atoms with Gasteiger partial charge in [-0.1, -0.05) is 18.2 Å². The van der Waals surface area contributed by atoms with Crippen molar-refractivity contribution in [2.75, 3.05) is 39.4 Å². The summed E-state index contributed by atoms with van der Waals surface area (Å²) in [6, 6.07) is 9.40. The standard InChI is InChI=1S/C18H22N4O4/c23-17(21-10-12-25-13-11-21)20-8-6-15(7-9-20)22-18(24)26-16(19-22)14-4-2-1-3-5-14/h1-5,15H,6-13H2. The Kier molecular flexibility index (Phi) is 4.75. The molecule has 138 valence electrons. The van der Waals surface area contributed by atoms with E-state index >= 15 is 0 Å². The zero-order valence-electron chi connectivity index (χ0n) is 14.5. The highest BCUT2D eigenvalue weighted by molar-refractivity contribution is 5.74. The number of piperidine rings is 1. The Bertz CT molecular complexity index is 802. The molecule has 1 aromatic carbocycles. The number of morpholine rings is 1. The Labute approximate surface area is 150 Å². The molecule has 0 N–H and O–H groups in total. The van der Waals surface area contributed by atoms with Crippen LogP contribution in [0, 0.1) is 0 Å². The number of benzene rings is 1. The van der Waals surface area contributed by atoms with E-state index in [4.69, 9.17) is 9.15 Å². The molecule has 2 aromatic rings. The maximum Gasteiger partial charge on any atom is 0.437 e. The molecular weight excluding hydrogens is 336 g/mol. The fourth-order valence-corrected chi connectivity index (χ4v) is 3.47. The number of ether oxygens (including phenoxy) is 1. The number of carbonyl (C=O) groups excluding carboxylic acids is 1. The molecule has 2 aliphatic rings. The molecule has 1 aromatic heterocycles. The summed E-state index contributed by atoms with van der Waals surface area (Å²) in [5, 5.41) is 4.37. The van der Waals surface area contributed by atoms with E-state index in [9.17, 15) is 9.59 Å². The molecule has 0 atom stereocenters. The second-order valence-electron chi connectivity index (χ2n) is 6.58. The molecule has 0 unspecified atom stereocenters. The van der Waals surface area contributed by atoms with E-state index in [1.165, 1.54) is 4.68 Å². The van der Waals surface area contributed by atoms with E-state index in [2.05, 4.69) is 5.10 Å². The summed E-state index contributed by atoms with van der Waals surface area (Å²) in [6.45, 7) is 3.70. The molecule has 4 rings (SSSR count). The Morgan fingerprint density at radius 2 is 1.65 bits per heavy atom. The van der Waals surface area contributed by atoms with Gasteiger partial charge in [0, 0.05) is 31.7 Å². The van der Waals surface area contributed by atoms with Crippen LogP contribution >= 0.6 is 0 Å². The summed E-state index contributed by atoms with van der Waals surface area (Å²) in [5.74, 6) is -0.107. The molecule has 8 heteroatoms. The first-order valence-corrected chi connectivity index (χ1v) is 8.99. The number of amides is 2. The van der Waals surface area contributed by atoms with Gasteiger partial charge in [0.2, 0.25) is 5.89 Å². The van der Waals surface area contributed by atoms with Crippen molar-refractivity contribution >= 4 is 6.03 Å². The Morgan fingerprint density at radius 1 is 1.00 bits per heavy atom. The maximum atomic E-state index is 12.5. The molecule has 2 aliphatic heterocycles. The third-order valence-electron chi connectivity index (χ3n) is 4.95. The van der Waals surface area contributed by atoms with Gasteiger partial charge in [0.05, 0.1) is 19.3 Å². The Hall–Kier alpha value is -2.61. The number of carbonyl (C=O) groups is 1. The van der Waals surface area contributed by atoms with E-state index in [0.717, 1.165) is 5.56 Å². The molecule has 3 heterocycles. The van der Waals surface area contributed by atoms with Gasteiger partial charge in [-0.25, -0.2) is 9.59 Å². The highest BCUT2D eigenvalue weighted by Gasteiger charge is 2.29. The zero-order valence-corrected chi connectivity index (χ0v) is 14.5. The number of likely N-dealkylation sites (tertiary alicyclic amines) is 1. The van der Waals surface area contributed by atoms with Crippen LogP contribution < -0.4 is 5.76 Å². The topological polar surface area (TPSA) is 80.8 Å². The highest BCUT2D eigenvalue weighted by atomic mass is 16.5. The SMILES string of the molecule is O=C(N1CCOCC1)N1CCC(n2nc(-c3ccccc3)oc2=O)CC1. The number of hydrogen-bond donors (Lipinski definition) is 0. The number of hydrogen-bond acceptors (Lipinski definition) is 5. The Balaban J connectivity index is 1.41. The van der Waals surface area contributed by atoms with Crippen molar-refractivity contribution in [1.82, 2.24) is 19.6 Å². The second kappa shape index (κ2) is 7.33. The molecule has 0 bridgehead atoms. The van der Waals surface area contributed by atoms with Crippen LogP contribution in [-0.4, -0.2) is 65.0 Å². The Morgan fingerprint density at radius 3 is 2.35 bits per heavy atom. The fraction of sp³-hybridized carbons (Fsp3) is 0.500. The minimum Gasteiger partial charge on any atom is -0.388 e. The first-order chi connectivity index (χ1) is 12.7. The summed E-state index contributed by atoms with van der Waals surface area (Å²) in [6.07, 6.45) is 1.38. The minimum absolute atomic E-state index is 0.0440. The van der Waals surface area contributed by atoms with Crippen molar-refractivity contribution in [2.24, 2.45) is 0 Å². The van der Waals surface area contributed by atoms with Crippen LogP contribution in [-0.2, 0) is 4.74 Å². The fourth-order valence-electron chi connectivity index (χ4n) is 3.47. The predicted molar refractivity (Wildman–Crippen MR) is 93.8 cm³/mol. The number of nitrogens with zero attached hydrogens (tertiary/aromatic N) is 4. The lowest BCUT2D eigenvalue weighted by atomic mass is 10.1. The monoisotopic (exact) mass is 358 g/mol. The van der Waals surface area contributed by atoms with Crippen LogP contribution in [0.15, 0.2) is 39.5 Å². The van der Waals surface area contributed by atoms with Gasteiger partial charge >= 0.3 is 11.8 Å². The number of urea groups is 1. The van der Waals surface area contributed by atoms with E-state index in [1.807, 2.05) is 40.1 Å². The summed E-state index contributed by atoms with van der Waals surface area (Å²) in [5.41, 5.74) is 0.781. The predicted octanol–water partition coefficient (Wildman–Crippen LogP) is 1.59. The lowest BCUT2D eigenvalue weighted by Crippen LogP contribution is -2.50. The van der Waals surface area contributed by atoms with Gasteiger partial charge in [0.15, 0.2) is 0 Å².